The molecule has 1 aromatic heterocycles. The van der Waals surface area contributed by atoms with Crippen molar-refractivity contribution in [2.75, 3.05) is 19.6 Å². The van der Waals surface area contributed by atoms with E-state index in [1.165, 1.54) is 0 Å². The van der Waals surface area contributed by atoms with Crippen LogP contribution in [0, 0.1) is 0 Å². The van der Waals surface area contributed by atoms with Gasteiger partial charge in [-0.15, -0.1) is 0 Å². The number of amides is 2. The van der Waals surface area contributed by atoms with Gasteiger partial charge in [0.2, 0.25) is 5.91 Å². The molecule has 0 bridgehead atoms. The van der Waals surface area contributed by atoms with Crippen molar-refractivity contribution in [3.63, 3.8) is 0 Å². The second kappa shape index (κ2) is 8.60. The maximum atomic E-state index is 13.7. The molecule has 1 aromatic carbocycles. The highest BCUT2D eigenvalue weighted by Gasteiger charge is 2.41. The van der Waals surface area contributed by atoms with Crippen LogP contribution in [-0.4, -0.2) is 46.1 Å². The Morgan fingerprint density at radius 2 is 1.87 bits per heavy atom. The Bertz CT molecular complexity index is 967. The van der Waals surface area contributed by atoms with Crippen LogP contribution < -0.4 is 5.32 Å². The van der Waals surface area contributed by atoms with E-state index in [2.05, 4.69) is 10.4 Å². The number of carbonyl (C=O) groups excluding carboxylic acids is 2. The van der Waals surface area contributed by atoms with Crippen LogP contribution in [0.1, 0.15) is 40.9 Å². The predicted molar refractivity (Wildman–Crippen MR) is 96.3 cm³/mol. The Balaban J connectivity index is 1.78. The quantitative estimate of drug-likeness (QED) is 0.542. The molecule has 2 aromatic rings. The molecule has 1 aliphatic rings. The zero-order chi connectivity index (χ0) is 22.8. The van der Waals surface area contributed by atoms with Crippen molar-refractivity contribution in [2.45, 2.75) is 31.6 Å². The van der Waals surface area contributed by atoms with Crippen LogP contribution in [0.3, 0.4) is 0 Å². The van der Waals surface area contributed by atoms with E-state index >= 15 is 0 Å². The smallest absolute Gasteiger partial charge is 0.352 e. The lowest BCUT2D eigenvalue weighted by molar-refractivity contribution is -0.143. The number of likely N-dealkylation sites (tertiary alicyclic amines) is 1. The van der Waals surface area contributed by atoms with E-state index in [4.69, 9.17) is 0 Å². The van der Waals surface area contributed by atoms with Gasteiger partial charge in [-0.3, -0.25) is 9.59 Å². The number of aromatic nitrogens is 2. The molecular formula is C19H18F6N4O2. The Hall–Kier alpha value is -3.05. The number of halogens is 6. The summed E-state index contributed by atoms with van der Waals surface area (Å²) in [5.41, 5.74) is -3.90. The van der Waals surface area contributed by atoms with Crippen LogP contribution in [0.4, 0.5) is 26.3 Å². The van der Waals surface area contributed by atoms with Crippen molar-refractivity contribution in [3.05, 3.63) is 47.3 Å². The molecule has 0 saturated carbocycles. The molecule has 168 valence electrons. The molecule has 0 spiro atoms. The number of nitrogens with one attached hydrogen (secondary N) is 1. The van der Waals surface area contributed by atoms with Crippen LogP contribution in [0.25, 0.3) is 5.69 Å². The van der Waals surface area contributed by atoms with Crippen molar-refractivity contribution >= 4 is 11.8 Å². The van der Waals surface area contributed by atoms with Gasteiger partial charge in [0.1, 0.15) is 0 Å². The van der Waals surface area contributed by atoms with Crippen molar-refractivity contribution < 1.29 is 35.9 Å². The highest BCUT2D eigenvalue weighted by Crippen LogP contribution is 2.35. The van der Waals surface area contributed by atoms with Gasteiger partial charge in [-0.1, -0.05) is 6.07 Å². The van der Waals surface area contributed by atoms with Crippen LogP contribution >= 0.6 is 0 Å². The first-order valence-electron chi connectivity index (χ1n) is 9.37. The van der Waals surface area contributed by atoms with Crippen molar-refractivity contribution in [3.8, 4) is 5.69 Å². The summed E-state index contributed by atoms with van der Waals surface area (Å²) >= 11 is 0. The number of rotatable bonds is 6. The predicted octanol–water partition coefficient (Wildman–Crippen LogP) is 3.65. The fourth-order valence-corrected chi connectivity index (χ4v) is 3.30. The molecule has 12 heteroatoms. The van der Waals surface area contributed by atoms with Gasteiger partial charge in [-0.05, 0) is 31.0 Å². The standard InChI is InChI=1S/C19H18F6N4O2/c20-18(21,22)12-4-1-5-13(10-12)29-16(19(23,24)25)14(11-27-29)17(31)26-7-3-9-28-8-2-6-15(28)30/h1,4-5,10-11H,2-3,6-9H2,(H,26,31). The first-order chi connectivity index (χ1) is 14.5. The zero-order valence-electron chi connectivity index (χ0n) is 16.1. The van der Waals surface area contributed by atoms with Gasteiger partial charge < -0.3 is 10.2 Å². The highest BCUT2D eigenvalue weighted by molar-refractivity contribution is 5.95. The zero-order valence-corrected chi connectivity index (χ0v) is 16.1. The molecule has 1 aliphatic heterocycles. The minimum atomic E-state index is -5.04. The summed E-state index contributed by atoms with van der Waals surface area (Å²) in [6.07, 6.45) is -7.58. The lowest BCUT2D eigenvalue weighted by Crippen LogP contribution is -2.31. The molecule has 0 atom stereocenters. The summed E-state index contributed by atoms with van der Waals surface area (Å²) in [6.45, 7) is 0.998. The summed E-state index contributed by atoms with van der Waals surface area (Å²) in [7, 11) is 0. The van der Waals surface area contributed by atoms with E-state index in [1.54, 1.807) is 4.90 Å². The second-order valence-corrected chi connectivity index (χ2v) is 6.96. The molecular weight excluding hydrogens is 430 g/mol. The van der Waals surface area contributed by atoms with Gasteiger partial charge in [-0.25, -0.2) is 4.68 Å². The van der Waals surface area contributed by atoms with Crippen LogP contribution in [0.5, 0.6) is 0 Å². The van der Waals surface area contributed by atoms with Gasteiger partial charge >= 0.3 is 12.4 Å². The van der Waals surface area contributed by atoms with Crippen molar-refractivity contribution in [1.82, 2.24) is 20.0 Å². The summed E-state index contributed by atoms with van der Waals surface area (Å²) in [5, 5.41) is 5.85. The topological polar surface area (TPSA) is 67.2 Å². The lowest BCUT2D eigenvalue weighted by atomic mass is 10.1. The monoisotopic (exact) mass is 448 g/mol. The highest BCUT2D eigenvalue weighted by atomic mass is 19.4. The Morgan fingerprint density at radius 3 is 2.48 bits per heavy atom. The van der Waals surface area contributed by atoms with E-state index in [1.807, 2.05) is 0 Å². The van der Waals surface area contributed by atoms with Gasteiger partial charge in [-0.2, -0.15) is 31.4 Å². The lowest BCUT2D eigenvalue weighted by Gasteiger charge is -2.16. The second-order valence-electron chi connectivity index (χ2n) is 6.96. The number of benzene rings is 1. The fourth-order valence-electron chi connectivity index (χ4n) is 3.30. The average molecular weight is 448 g/mol. The van der Waals surface area contributed by atoms with E-state index in [0.717, 1.165) is 24.6 Å². The van der Waals surface area contributed by atoms with Crippen molar-refractivity contribution in [1.29, 1.82) is 0 Å². The minimum Gasteiger partial charge on any atom is -0.352 e. The molecule has 31 heavy (non-hydrogen) atoms. The average Bonchev–Trinajstić information content (AvgIpc) is 3.31. The normalized spacial score (nSPS) is 14.9. The largest absolute Gasteiger partial charge is 0.434 e. The van der Waals surface area contributed by atoms with E-state index in [0.29, 0.717) is 38.2 Å². The summed E-state index contributed by atoms with van der Waals surface area (Å²) in [4.78, 5) is 25.5. The SMILES string of the molecule is O=C(NCCCN1CCCC1=O)c1cnn(-c2cccc(C(F)(F)F)c2)c1C(F)(F)F. The first-order valence-corrected chi connectivity index (χ1v) is 9.37. The third kappa shape index (κ3) is 5.17. The van der Waals surface area contributed by atoms with Gasteiger partial charge in [0.25, 0.3) is 5.91 Å². The van der Waals surface area contributed by atoms with Crippen LogP contribution in [0.15, 0.2) is 30.5 Å². The number of hydrogen-bond acceptors (Lipinski definition) is 3. The summed E-state index contributed by atoms with van der Waals surface area (Å²) in [6, 6.07) is 3.24. The van der Waals surface area contributed by atoms with Crippen molar-refractivity contribution in [2.24, 2.45) is 0 Å². The molecule has 2 heterocycles. The fraction of sp³-hybridized carbons (Fsp3) is 0.421. The van der Waals surface area contributed by atoms with Gasteiger partial charge in [0, 0.05) is 26.1 Å². The third-order valence-electron chi connectivity index (χ3n) is 4.76. The van der Waals surface area contributed by atoms with Gasteiger partial charge in [0.15, 0.2) is 5.69 Å². The van der Waals surface area contributed by atoms with E-state index < -0.39 is 40.8 Å². The molecule has 0 unspecified atom stereocenters. The molecule has 2 amide bonds. The maximum absolute atomic E-state index is 13.7. The Kier molecular flexibility index (Phi) is 6.27. The Labute approximate surface area is 172 Å². The van der Waals surface area contributed by atoms with Crippen LogP contribution in [-0.2, 0) is 17.1 Å². The first kappa shape index (κ1) is 22.6. The molecule has 1 N–H and O–H groups in total. The molecule has 3 rings (SSSR count). The number of alkyl halides is 6. The maximum Gasteiger partial charge on any atom is 0.434 e. The summed E-state index contributed by atoms with van der Waals surface area (Å²) < 4.78 is 80.0. The number of hydrogen-bond donors (Lipinski definition) is 1. The third-order valence-corrected chi connectivity index (χ3v) is 4.76. The molecule has 0 radical (unpaired) electrons. The molecule has 1 saturated heterocycles. The van der Waals surface area contributed by atoms with Gasteiger partial charge in [0.05, 0.1) is 23.0 Å². The summed E-state index contributed by atoms with van der Waals surface area (Å²) in [5.74, 6) is -1.06. The molecule has 1 fully saturated rings. The minimum absolute atomic E-state index is 0.00644. The molecule has 6 nitrogen and oxygen atoms in total. The van der Waals surface area contributed by atoms with E-state index in [9.17, 15) is 35.9 Å². The number of nitrogens with zero attached hydrogens (tertiary/aromatic N) is 3. The van der Waals surface area contributed by atoms with Crippen LogP contribution in [0.2, 0.25) is 0 Å². The van der Waals surface area contributed by atoms with E-state index in [-0.39, 0.29) is 17.1 Å². The Morgan fingerprint density at radius 1 is 1.13 bits per heavy atom. The number of carbonyl (C=O) groups is 2. The molecule has 0 aliphatic carbocycles.